The highest BCUT2D eigenvalue weighted by Crippen LogP contribution is 2.28. The summed E-state index contributed by atoms with van der Waals surface area (Å²) in [6.45, 7) is 0.290. The van der Waals surface area contributed by atoms with Gasteiger partial charge in [0.2, 0.25) is 10.0 Å². The largest absolute Gasteiger partial charge is 0.497 e. The van der Waals surface area contributed by atoms with Crippen LogP contribution in [0.2, 0.25) is 0 Å². The van der Waals surface area contributed by atoms with Crippen LogP contribution in [0.15, 0.2) is 45.8 Å². The normalized spacial score (nSPS) is 11.4. The van der Waals surface area contributed by atoms with Gasteiger partial charge in [0, 0.05) is 49.4 Å². The molecule has 9 heteroatoms. The molecule has 0 saturated heterocycles. The summed E-state index contributed by atoms with van der Waals surface area (Å²) in [6, 6.07) is 9.88. The molecule has 0 aliphatic heterocycles. The van der Waals surface area contributed by atoms with Crippen LogP contribution in [-0.2, 0) is 16.6 Å². The summed E-state index contributed by atoms with van der Waals surface area (Å²) in [7, 11) is 3.96. The van der Waals surface area contributed by atoms with Crippen LogP contribution >= 0.6 is 15.9 Å². The number of methoxy groups -OCH3 is 2. The zero-order valence-electron chi connectivity index (χ0n) is 16.4. The summed E-state index contributed by atoms with van der Waals surface area (Å²) in [6.07, 6.45) is 0. The third-order valence-electron chi connectivity index (χ3n) is 4.19. The highest BCUT2D eigenvalue weighted by Gasteiger charge is 2.23. The maximum absolute atomic E-state index is 12.9. The lowest BCUT2D eigenvalue weighted by Crippen LogP contribution is -2.27. The molecule has 0 fully saturated rings. The summed E-state index contributed by atoms with van der Waals surface area (Å²) in [4.78, 5) is 14.4. The first kappa shape index (κ1) is 22.2. The maximum atomic E-state index is 12.9. The fraction of sp³-hybridized carbons (Fsp3) is 0.316. The minimum Gasteiger partial charge on any atom is -0.497 e. The van der Waals surface area contributed by atoms with Gasteiger partial charge in [-0.05, 0) is 46.3 Å². The van der Waals surface area contributed by atoms with Crippen molar-refractivity contribution in [1.82, 2.24) is 9.21 Å². The van der Waals surface area contributed by atoms with Crippen LogP contribution < -0.4 is 9.47 Å². The minimum atomic E-state index is -3.68. The molecule has 2 aromatic rings. The van der Waals surface area contributed by atoms with Gasteiger partial charge in [0.1, 0.15) is 11.5 Å². The number of sulfonamides is 1. The number of carbonyl (C=O) groups excluding carboxylic acids is 1. The van der Waals surface area contributed by atoms with Crippen molar-refractivity contribution in [2.24, 2.45) is 0 Å². The number of halogens is 1. The van der Waals surface area contributed by atoms with Crippen molar-refractivity contribution in [3.63, 3.8) is 0 Å². The third kappa shape index (κ3) is 4.65. The van der Waals surface area contributed by atoms with Gasteiger partial charge in [-0.1, -0.05) is 0 Å². The predicted molar refractivity (Wildman–Crippen MR) is 110 cm³/mol. The Bertz CT molecular complexity index is 976. The van der Waals surface area contributed by atoms with E-state index < -0.39 is 10.0 Å². The van der Waals surface area contributed by atoms with Gasteiger partial charge in [-0.15, -0.1) is 0 Å². The van der Waals surface area contributed by atoms with Gasteiger partial charge >= 0.3 is 0 Å². The second-order valence-corrected chi connectivity index (χ2v) is 9.25. The van der Waals surface area contributed by atoms with E-state index in [1.54, 1.807) is 45.5 Å². The molecule has 0 spiro atoms. The van der Waals surface area contributed by atoms with Gasteiger partial charge in [0.15, 0.2) is 0 Å². The average Bonchev–Trinajstić information content (AvgIpc) is 2.67. The van der Waals surface area contributed by atoms with E-state index in [1.807, 2.05) is 6.07 Å². The summed E-state index contributed by atoms with van der Waals surface area (Å²) >= 11 is 3.25. The van der Waals surface area contributed by atoms with Crippen molar-refractivity contribution in [2.45, 2.75) is 11.4 Å². The molecule has 0 aliphatic carbocycles. The molecule has 2 rings (SSSR count). The molecule has 0 N–H and O–H groups in total. The van der Waals surface area contributed by atoms with Crippen LogP contribution in [0.4, 0.5) is 0 Å². The molecule has 0 unspecified atom stereocenters. The number of carbonyl (C=O) groups is 1. The SMILES string of the molecule is COc1ccc(CN(C)C(=O)c2ccc(Br)c(S(=O)(=O)N(C)C)c2)c(OC)c1. The zero-order valence-corrected chi connectivity index (χ0v) is 18.8. The minimum absolute atomic E-state index is 0.0405. The second kappa shape index (κ2) is 8.93. The molecule has 28 heavy (non-hydrogen) atoms. The Morgan fingerprint density at radius 2 is 1.71 bits per heavy atom. The van der Waals surface area contributed by atoms with E-state index >= 15 is 0 Å². The standard InChI is InChI=1S/C19H23BrN2O5S/c1-21(2)28(24,25)18-10-13(7-9-16(18)20)19(23)22(3)12-14-6-8-15(26-4)11-17(14)27-5/h6-11H,12H2,1-5H3. The van der Waals surface area contributed by atoms with Crippen molar-refractivity contribution in [1.29, 1.82) is 0 Å². The molecule has 1 amide bonds. The smallest absolute Gasteiger partial charge is 0.253 e. The fourth-order valence-electron chi connectivity index (χ4n) is 2.56. The van der Waals surface area contributed by atoms with E-state index in [1.165, 1.54) is 25.1 Å². The summed E-state index contributed by atoms with van der Waals surface area (Å²) in [5.41, 5.74) is 1.08. The van der Waals surface area contributed by atoms with Gasteiger partial charge in [-0.3, -0.25) is 4.79 Å². The van der Waals surface area contributed by atoms with E-state index in [9.17, 15) is 13.2 Å². The van der Waals surface area contributed by atoms with E-state index in [4.69, 9.17) is 9.47 Å². The van der Waals surface area contributed by atoms with Crippen molar-refractivity contribution in [3.8, 4) is 11.5 Å². The number of hydrogen-bond donors (Lipinski definition) is 0. The Hall–Kier alpha value is -2.10. The van der Waals surface area contributed by atoms with Crippen LogP contribution in [0.3, 0.4) is 0 Å². The Balaban J connectivity index is 2.32. The molecule has 7 nitrogen and oxygen atoms in total. The van der Waals surface area contributed by atoms with E-state index in [2.05, 4.69) is 15.9 Å². The van der Waals surface area contributed by atoms with Gasteiger partial charge in [0.05, 0.1) is 19.1 Å². The molecule has 0 atom stereocenters. The summed E-state index contributed by atoms with van der Waals surface area (Å²) in [5.74, 6) is 0.951. The van der Waals surface area contributed by atoms with E-state index in [0.717, 1.165) is 9.87 Å². The van der Waals surface area contributed by atoms with Gasteiger partial charge < -0.3 is 14.4 Å². The molecule has 0 bridgehead atoms. The summed E-state index contributed by atoms with van der Waals surface area (Å²) < 4.78 is 37.0. The number of ether oxygens (including phenoxy) is 2. The first-order chi connectivity index (χ1) is 13.1. The van der Waals surface area contributed by atoms with Crippen LogP contribution in [0.5, 0.6) is 11.5 Å². The highest BCUT2D eigenvalue weighted by molar-refractivity contribution is 9.10. The van der Waals surface area contributed by atoms with Crippen LogP contribution in [0.25, 0.3) is 0 Å². The lowest BCUT2D eigenvalue weighted by Gasteiger charge is -2.20. The molecule has 152 valence electrons. The molecular weight excluding hydrogens is 448 g/mol. The van der Waals surface area contributed by atoms with Crippen LogP contribution in [0, 0.1) is 0 Å². The van der Waals surface area contributed by atoms with E-state index in [-0.39, 0.29) is 22.9 Å². The quantitative estimate of drug-likeness (QED) is 0.621. The van der Waals surface area contributed by atoms with Crippen molar-refractivity contribution in [3.05, 3.63) is 52.0 Å². The first-order valence-corrected chi connectivity index (χ1v) is 10.5. The molecule has 0 aliphatic rings. The maximum Gasteiger partial charge on any atom is 0.253 e. The Labute approximate surface area is 174 Å². The van der Waals surface area contributed by atoms with Crippen LogP contribution in [0.1, 0.15) is 15.9 Å². The molecular formula is C19H23BrN2O5S. The second-order valence-electron chi connectivity index (χ2n) is 6.27. The molecule has 2 aromatic carbocycles. The van der Waals surface area contributed by atoms with Crippen LogP contribution in [-0.4, -0.2) is 58.9 Å². The molecule has 0 saturated carbocycles. The topological polar surface area (TPSA) is 76.2 Å². The summed E-state index contributed by atoms with van der Waals surface area (Å²) in [5, 5.41) is 0. The Kier molecular flexibility index (Phi) is 7.08. The monoisotopic (exact) mass is 470 g/mol. The lowest BCUT2D eigenvalue weighted by atomic mass is 10.1. The molecule has 0 heterocycles. The van der Waals surface area contributed by atoms with E-state index in [0.29, 0.717) is 16.0 Å². The number of rotatable bonds is 7. The molecule has 0 aromatic heterocycles. The number of amides is 1. The Morgan fingerprint density at radius 1 is 1.04 bits per heavy atom. The Morgan fingerprint density at radius 3 is 2.29 bits per heavy atom. The number of hydrogen-bond acceptors (Lipinski definition) is 5. The zero-order chi connectivity index (χ0) is 21.1. The predicted octanol–water partition coefficient (Wildman–Crippen LogP) is 2.99. The molecule has 0 radical (unpaired) electrons. The first-order valence-electron chi connectivity index (χ1n) is 8.30. The van der Waals surface area contributed by atoms with Crippen molar-refractivity contribution >= 4 is 31.9 Å². The lowest BCUT2D eigenvalue weighted by molar-refractivity contribution is 0.0784. The average molecular weight is 471 g/mol. The van der Waals surface area contributed by atoms with Crippen molar-refractivity contribution < 1.29 is 22.7 Å². The number of benzene rings is 2. The fourth-order valence-corrected chi connectivity index (χ4v) is 4.41. The van der Waals surface area contributed by atoms with Gasteiger partial charge in [0.25, 0.3) is 5.91 Å². The van der Waals surface area contributed by atoms with Crippen molar-refractivity contribution in [2.75, 3.05) is 35.4 Å². The number of nitrogens with zero attached hydrogens (tertiary/aromatic N) is 2. The van der Waals surface area contributed by atoms with Gasteiger partial charge in [-0.25, -0.2) is 12.7 Å². The third-order valence-corrected chi connectivity index (χ3v) is 6.99. The highest BCUT2D eigenvalue weighted by atomic mass is 79.9. The van der Waals surface area contributed by atoms with Gasteiger partial charge in [-0.2, -0.15) is 0 Å².